The van der Waals surface area contributed by atoms with Gasteiger partial charge in [-0.25, -0.2) is 8.42 Å². The number of hydrogen-bond acceptors (Lipinski definition) is 5. The van der Waals surface area contributed by atoms with Gasteiger partial charge in [-0.2, -0.15) is 0 Å². The Bertz CT molecular complexity index is 1670. The Morgan fingerprint density at radius 1 is 0.860 bits per heavy atom. The van der Waals surface area contributed by atoms with Crippen molar-refractivity contribution < 1.29 is 22.7 Å². The SMILES string of the molecule is CNC(=O)[C@H](Cc1ccccc1)N(Cc1cccc(OC)c1)C(=O)CN(c1cccc(Cl)c1Cl)S(=O)(=O)c1ccccc1. The van der Waals surface area contributed by atoms with Gasteiger partial charge in [0.05, 0.1) is 27.7 Å². The number of carbonyl (C=O) groups excluding carboxylic acids is 2. The maximum Gasteiger partial charge on any atom is 0.264 e. The third-order valence-electron chi connectivity index (χ3n) is 6.81. The van der Waals surface area contributed by atoms with Gasteiger partial charge in [-0.1, -0.05) is 89.9 Å². The van der Waals surface area contributed by atoms with Gasteiger partial charge < -0.3 is 15.0 Å². The van der Waals surface area contributed by atoms with Crippen molar-refractivity contribution in [3.63, 3.8) is 0 Å². The molecule has 1 atom stereocenters. The molecule has 0 saturated carbocycles. The highest BCUT2D eigenvalue weighted by molar-refractivity contribution is 7.92. The van der Waals surface area contributed by atoms with Crippen molar-refractivity contribution in [2.75, 3.05) is 25.0 Å². The van der Waals surface area contributed by atoms with Crippen LogP contribution < -0.4 is 14.4 Å². The Labute approximate surface area is 261 Å². The summed E-state index contributed by atoms with van der Waals surface area (Å²) in [6.07, 6.45) is 0.194. The Kier molecular flexibility index (Phi) is 10.7. The van der Waals surface area contributed by atoms with Gasteiger partial charge in [-0.15, -0.1) is 0 Å². The Morgan fingerprint density at radius 3 is 2.14 bits per heavy atom. The van der Waals surface area contributed by atoms with Gasteiger partial charge in [0.15, 0.2) is 0 Å². The normalized spacial score (nSPS) is 11.8. The van der Waals surface area contributed by atoms with E-state index >= 15 is 0 Å². The summed E-state index contributed by atoms with van der Waals surface area (Å²) in [5.41, 5.74) is 1.55. The predicted octanol–water partition coefficient (Wildman–Crippen LogP) is 5.58. The van der Waals surface area contributed by atoms with Gasteiger partial charge in [0, 0.05) is 20.0 Å². The monoisotopic (exact) mass is 639 g/mol. The lowest BCUT2D eigenvalue weighted by atomic mass is 10.0. The Hall–Kier alpha value is -4.05. The molecule has 1 N–H and O–H groups in total. The maximum absolute atomic E-state index is 14.3. The smallest absolute Gasteiger partial charge is 0.264 e. The molecule has 0 aliphatic rings. The van der Waals surface area contributed by atoms with E-state index in [2.05, 4.69) is 5.32 Å². The number of amides is 2. The number of nitrogens with zero attached hydrogens (tertiary/aromatic N) is 2. The molecule has 0 aromatic heterocycles. The Morgan fingerprint density at radius 2 is 1.49 bits per heavy atom. The van der Waals surface area contributed by atoms with Crippen molar-refractivity contribution in [1.29, 1.82) is 0 Å². The number of hydrogen-bond donors (Lipinski definition) is 1. The largest absolute Gasteiger partial charge is 0.497 e. The van der Waals surface area contributed by atoms with Crippen LogP contribution in [0.4, 0.5) is 5.69 Å². The zero-order chi connectivity index (χ0) is 31.0. The van der Waals surface area contributed by atoms with Crippen molar-refractivity contribution in [2.45, 2.75) is 23.9 Å². The molecule has 0 radical (unpaired) electrons. The van der Waals surface area contributed by atoms with Crippen molar-refractivity contribution in [3.05, 3.63) is 124 Å². The summed E-state index contributed by atoms with van der Waals surface area (Å²) in [5.74, 6) is -0.454. The maximum atomic E-state index is 14.3. The Balaban J connectivity index is 1.82. The fraction of sp³-hybridized carbons (Fsp3) is 0.188. The molecule has 4 aromatic carbocycles. The molecule has 8 nitrogen and oxygen atoms in total. The van der Waals surface area contributed by atoms with E-state index in [0.29, 0.717) is 11.3 Å². The number of anilines is 1. The van der Waals surface area contributed by atoms with E-state index in [1.54, 1.807) is 48.5 Å². The summed E-state index contributed by atoms with van der Waals surface area (Å²) >= 11 is 12.8. The topological polar surface area (TPSA) is 96.0 Å². The molecule has 0 fully saturated rings. The molecule has 4 aromatic rings. The van der Waals surface area contributed by atoms with Crippen LogP contribution in [0.3, 0.4) is 0 Å². The summed E-state index contributed by atoms with van der Waals surface area (Å²) in [7, 11) is -1.27. The summed E-state index contributed by atoms with van der Waals surface area (Å²) in [6.45, 7) is -0.646. The molecule has 43 heavy (non-hydrogen) atoms. The molecule has 0 unspecified atom stereocenters. The van der Waals surface area contributed by atoms with Crippen LogP contribution in [0.25, 0.3) is 0 Å². The molecule has 0 saturated heterocycles. The van der Waals surface area contributed by atoms with Gasteiger partial charge >= 0.3 is 0 Å². The first kappa shape index (κ1) is 31.9. The average Bonchev–Trinajstić information content (AvgIpc) is 3.03. The molecular formula is C32H31Cl2N3O5S. The highest BCUT2D eigenvalue weighted by Crippen LogP contribution is 2.35. The van der Waals surface area contributed by atoms with Gasteiger partial charge in [-0.05, 0) is 47.5 Å². The third-order valence-corrected chi connectivity index (χ3v) is 9.40. The minimum atomic E-state index is -4.29. The van der Waals surface area contributed by atoms with Crippen LogP contribution in [-0.4, -0.2) is 51.9 Å². The summed E-state index contributed by atoms with van der Waals surface area (Å²) in [4.78, 5) is 29.0. The number of likely N-dealkylation sites (N-methyl/N-ethyl adjacent to an activating group) is 1. The van der Waals surface area contributed by atoms with Gasteiger partial charge in [0.1, 0.15) is 18.3 Å². The molecule has 4 rings (SSSR count). The van der Waals surface area contributed by atoms with Crippen LogP contribution in [0.15, 0.2) is 108 Å². The second kappa shape index (κ2) is 14.4. The highest BCUT2D eigenvalue weighted by Gasteiger charge is 2.35. The van der Waals surface area contributed by atoms with Crippen LogP contribution in [0, 0.1) is 0 Å². The van der Waals surface area contributed by atoms with Crippen molar-refractivity contribution in [2.24, 2.45) is 0 Å². The van der Waals surface area contributed by atoms with E-state index in [1.165, 1.54) is 43.3 Å². The minimum Gasteiger partial charge on any atom is -0.497 e. The van der Waals surface area contributed by atoms with Crippen LogP contribution in [0.5, 0.6) is 5.75 Å². The molecule has 0 aliphatic heterocycles. The number of nitrogens with one attached hydrogen (secondary N) is 1. The number of halogens is 2. The van der Waals surface area contributed by atoms with E-state index in [4.69, 9.17) is 27.9 Å². The number of carbonyl (C=O) groups is 2. The molecule has 224 valence electrons. The standard InChI is InChI=1S/C32H31Cl2N3O5S/c1-35-32(39)29(20-23-11-5-3-6-12-23)36(21-24-13-9-14-25(19-24)42-2)30(38)22-37(28-18-10-17-27(33)31(28)34)43(40,41)26-15-7-4-8-16-26/h3-19,29H,20-22H2,1-2H3,(H,35,39)/t29-/m0/s1. The number of methoxy groups -OCH3 is 1. The van der Waals surface area contributed by atoms with Crippen molar-refractivity contribution >= 4 is 50.7 Å². The zero-order valence-electron chi connectivity index (χ0n) is 23.6. The molecule has 2 amide bonds. The third kappa shape index (κ3) is 7.67. The predicted molar refractivity (Wildman–Crippen MR) is 169 cm³/mol. The molecule has 11 heteroatoms. The van der Waals surface area contributed by atoms with Gasteiger partial charge in [-0.3, -0.25) is 13.9 Å². The first-order valence-corrected chi connectivity index (χ1v) is 15.5. The van der Waals surface area contributed by atoms with E-state index in [0.717, 1.165) is 9.87 Å². The molecule has 0 bridgehead atoms. The van der Waals surface area contributed by atoms with Gasteiger partial charge in [0.25, 0.3) is 10.0 Å². The van der Waals surface area contributed by atoms with Crippen LogP contribution in [-0.2, 0) is 32.6 Å². The minimum absolute atomic E-state index is 0.00343. The van der Waals surface area contributed by atoms with E-state index in [-0.39, 0.29) is 33.6 Å². The lowest BCUT2D eigenvalue weighted by Gasteiger charge is -2.34. The molecule has 0 aliphatic carbocycles. The number of ether oxygens (including phenoxy) is 1. The molecule has 0 heterocycles. The zero-order valence-corrected chi connectivity index (χ0v) is 25.9. The average molecular weight is 641 g/mol. The summed E-state index contributed by atoms with van der Waals surface area (Å²) < 4.78 is 34.3. The van der Waals surface area contributed by atoms with E-state index in [1.807, 2.05) is 30.3 Å². The molecular weight excluding hydrogens is 609 g/mol. The molecule has 0 spiro atoms. The summed E-state index contributed by atoms with van der Waals surface area (Å²) in [6, 6.07) is 27.7. The second-order valence-electron chi connectivity index (χ2n) is 9.59. The number of rotatable bonds is 12. The number of sulfonamides is 1. The fourth-order valence-corrected chi connectivity index (χ4v) is 6.50. The first-order valence-electron chi connectivity index (χ1n) is 13.4. The number of benzene rings is 4. The lowest BCUT2D eigenvalue weighted by Crippen LogP contribution is -2.53. The highest BCUT2D eigenvalue weighted by atomic mass is 35.5. The van der Waals surface area contributed by atoms with Crippen LogP contribution >= 0.6 is 23.2 Å². The first-order chi connectivity index (χ1) is 20.6. The van der Waals surface area contributed by atoms with Gasteiger partial charge in [0.2, 0.25) is 11.8 Å². The van der Waals surface area contributed by atoms with Crippen molar-refractivity contribution in [1.82, 2.24) is 10.2 Å². The van der Waals surface area contributed by atoms with E-state index < -0.39 is 34.4 Å². The lowest BCUT2D eigenvalue weighted by molar-refractivity contribution is -0.139. The quantitative estimate of drug-likeness (QED) is 0.218. The second-order valence-corrected chi connectivity index (χ2v) is 12.2. The summed E-state index contributed by atoms with van der Waals surface area (Å²) in [5, 5.41) is 2.76. The van der Waals surface area contributed by atoms with Crippen LogP contribution in [0.1, 0.15) is 11.1 Å². The van der Waals surface area contributed by atoms with E-state index in [9.17, 15) is 18.0 Å². The van der Waals surface area contributed by atoms with Crippen molar-refractivity contribution in [3.8, 4) is 5.75 Å². The fourth-order valence-electron chi connectivity index (χ4n) is 4.61. The van der Waals surface area contributed by atoms with Crippen LogP contribution in [0.2, 0.25) is 10.0 Å².